The first-order valence-electron chi connectivity index (χ1n) is 6.32. The summed E-state index contributed by atoms with van der Waals surface area (Å²) in [5, 5.41) is 11.9. The Hall–Kier alpha value is -0.940. The van der Waals surface area contributed by atoms with Crippen LogP contribution in [0.25, 0.3) is 0 Å². The zero-order valence-electron chi connectivity index (χ0n) is 11.3. The summed E-state index contributed by atoms with van der Waals surface area (Å²) >= 11 is 0. The van der Waals surface area contributed by atoms with E-state index in [1.165, 1.54) is 0 Å². The molecule has 1 aromatic rings. The molecule has 2 rings (SSSR count). The number of nitrogens with one attached hydrogen (secondary N) is 1. The van der Waals surface area contributed by atoms with Crippen molar-refractivity contribution in [2.75, 3.05) is 19.6 Å². The Labute approximate surface area is 103 Å². The van der Waals surface area contributed by atoms with Crippen LogP contribution in [0, 0.1) is 0 Å². The summed E-state index contributed by atoms with van der Waals surface area (Å²) in [5.74, 6) is 0. The minimum atomic E-state index is 0.0159. The van der Waals surface area contributed by atoms with E-state index in [0.29, 0.717) is 6.04 Å². The van der Waals surface area contributed by atoms with Crippen molar-refractivity contribution in [3.8, 4) is 0 Å². The zero-order chi connectivity index (χ0) is 12.5. The highest BCUT2D eigenvalue weighted by Gasteiger charge is 2.19. The zero-order valence-corrected chi connectivity index (χ0v) is 11.3. The van der Waals surface area contributed by atoms with Crippen molar-refractivity contribution in [2.24, 2.45) is 0 Å². The normalized spacial score (nSPS) is 22.9. The molecule has 0 amide bonds. The lowest BCUT2D eigenvalue weighted by atomic mass is 10.1. The van der Waals surface area contributed by atoms with Crippen molar-refractivity contribution in [3.63, 3.8) is 0 Å². The summed E-state index contributed by atoms with van der Waals surface area (Å²) in [6.45, 7) is 12.8. The summed E-state index contributed by atoms with van der Waals surface area (Å²) in [5.41, 5.74) is 1.08. The lowest BCUT2D eigenvalue weighted by molar-refractivity contribution is 0.197. The predicted octanol–water partition coefficient (Wildman–Crippen LogP) is 0.827. The van der Waals surface area contributed by atoms with Crippen LogP contribution in [0.4, 0.5) is 0 Å². The van der Waals surface area contributed by atoms with E-state index in [1.54, 1.807) is 0 Å². The van der Waals surface area contributed by atoms with Gasteiger partial charge in [0, 0.05) is 32.2 Å². The van der Waals surface area contributed by atoms with Gasteiger partial charge in [-0.2, -0.15) is 0 Å². The molecule has 1 aliphatic heterocycles. The second-order valence-electron chi connectivity index (χ2n) is 5.92. The van der Waals surface area contributed by atoms with Crippen molar-refractivity contribution < 1.29 is 0 Å². The SMILES string of the molecule is C[C@H]1CN(Cc2cn(C(C)(C)C)nn2)CCN1. The average molecular weight is 237 g/mol. The number of piperazine rings is 1. The molecule has 96 valence electrons. The van der Waals surface area contributed by atoms with Crippen molar-refractivity contribution in [1.82, 2.24) is 25.2 Å². The van der Waals surface area contributed by atoms with Gasteiger partial charge in [-0.3, -0.25) is 4.90 Å². The van der Waals surface area contributed by atoms with Gasteiger partial charge in [-0.05, 0) is 27.7 Å². The standard InChI is InChI=1S/C12H23N5/c1-10-7-16(6-5-13-10)8-11-9-17(15-14-11)12(2,3)4/h9-10,13H,5-8H2,1-4H3/t10-/m0/s1. The molecule has 0 unspecified atom stereocenters. The molecule has 0 radical (unpaired) electrons. The highest BCUT2D eigenvalue weighted by Crippen LogP contribution is 2.13. The summed E-state index contributed by atoms with van der Waals surface area (Å²) in [6.07, 6.45) is 2.06. The fraction of sp³-hybridized carbons (Fsp3) is 0.833. The van der Waals surface area contributed by atoms with Crippen LogP contribution in [0.3, 0.4) is 0 Å². The van der Waals surface area contributed by atoms with E-state index in [9.17, 15) is 0 Å². The Bertz CT molecular complexity index is 365. The molecule has 2 heterocycles. The third-order valence-electron chi connectivity index (χ3n) is 3.07. The molecule has 1 saturated heterocycles. The van der Waals surface area contributed by atoms with Gasteiger partial charge in [0.25, 0.3) is 0 Å². The van der Waals surface area contributed by atoms with Crippen LogP contribution in [0.1, 0.15) is 33.4 Å². The smallest absolute Gasteiger partial charge is 0.0967 e. The highest BCUT2D eigenvalue weighted by atomic mass is 15.4. The minimum absolute atomic E-state index is 0.0159. The minimum Gasteiger partial charge on any atom is -0.312 e. The first-order chi connectivity index (χ1) is 7.95. The summed E-state index contributed by atoms with van der Waals surface area (Å²) < 4.78 is 1.94. The molecule has 0 aromatic carbocycles. The van der Waals surface area contributed by atoms with E-state index >= 15 is 0 Å². The Kier molecular flexibility index (Phi) is 3.49. The maximum Gasteiger partial charge on any atom is 0.0967 e. The maximum atomic E-state index is 4.25. The summed E-state index contributed by atoms with van der Waals surface area (Å²) in [4.78, 5) is 2.43. The molecule has 5 heteroatoms. The monoisotopic (exact) mass is 237 g/mol. The van der Waals surface area contributed by atoms with E-state index in [2.05, 4.69) is 54.4 Å². The number of hydrogen-bond acceptors (Lipinski definition) is 4. The van der Waals surface area contributed by atoms with Gasteiger partial charge in [0.15, 0.2) is 0 Å². The molecule has 1 fully saturated rings. The molecular weight excluding hydrogens is 214 g/mol. The van der Waals surface area contributed by atoms with Gasteiger partial charge in [0.05, 0.1) is 17.4 Å². The topological polar surface area (TPSA) is 46.0 Å². The highest BCUT2D eigenvalue weighted by molar-refractivity contribution is 4.95. The number of hydrogen-bond donors (Lipinski definition) is 1. The van der Waals surface area contributed by atoms with Gasteiger partial charge >= 0.3 is 0 Å². The van der Waals surface area contributed by atoms with Crippen molar-refractivity contribution in [1.29, 1.82) is 0 Å². The van der Waals surface area contributed by atoms with Gasteiger partial charge in [-0.15, -0.1) is 5.10 Å². The van der Waals surface area contributed by atoms with Gasteiger partial charge in [-0.1, -0.05) is 5.21 Å². The van der Waals surface area contributed by atoms with E-state index < -0.39 is 0 Å². The fourth-order valence-corrected chi connectivity index (χ4v) is 2.08. The number of nitrogens with zero attached hydrogens (tertiary/aromatic N) is 4. The van der Waals surface area contributed by atoms with Gasteiger partial charge in [0.1, 0.15) is 0 Å². The van der Waals surface area contributed by atoms with E-state index in [4.69, 9.17) is 0 Å². The van der Waals surface area contributed by atoms with Gasteiger partial charge in [0.2, 0.25) is 0 Å². The van der Waals surface area contributed by atoms with Crippen molar-refractivity contribution >= 4 is 0 Å². The van der Waals surface area contributed by atoms with Crippen molar-refractivity contribution in [2.45, 2.75) is 45.8 Å². The summed E-state index contributed by atoms with van der Waals surface area (Å²) in [6, 6.07) is 0.571. The van der Waals surface area contributed by atoms with Crippen LogP contribution in [-0.2, 0) is 12.1 Å². The lowest BCUT2D eigenvalue weighted by Crippen LogP contribution is -2.48. The van der Waals surface area contributed by atoms with E-state index in [-0.39, 0.29) is 5.54 Å². The van der Waals surface area contributed by atoms with Crippen LogP contribution in [0.5, 0.6) is 0 Å². The third kappa shape index (κ3) is 3.26. The van der Waals surface area contributed by atoms with Gasteiger partial charge < -0.3 is 5.32 Å². The summed E-state index contributed by atoms with van der Waals surface area (Å²) in [7, 11) is 0. The number of aromatic nitrogens is 3. The van der Waals surface area contributed by atoms with Crippen LogP contribution in [0.15, 0.2) is 6.20 Å². The molecule has 5 nitrogen and oxygen atoms in total. The lowest BCUT2D eigenvalue weighted by Gasteiger charge is -2.31. The molecule has 17 heavy (non-hydrogen) atoms. The second kappa shape index (κ2) is 4.74. The van der Waals surface area contributed by atoms with Crippen molar-refractivity contribution in [3.05, 3.63) is 11.9 Å². The molecule has 0 saturated carbocycles. The Morgan fingerprint density at radius 3 is 2.82 bits per heavy atom. The molecule has 1 aliphatic rings. The molecule has 1 N–H and O–H groups in total. The van der Waals surface area contributed by atoms with Crippen LogP contribution < -0.4 is 5.32 Å². The van der Waals surface area contributed by atoms with Gasteiger partial charge in [-0.25, -0.2) is 4.68 Å². The fourth-order valence-electron chi connectivity index (χ4n) is 2.08. The van der Waals surface area contributed by atoms with Crippen LogP contribution >= 0.6 is 0 Å². The molecule has 0 bridgehead atoms. The molecule has 0 aliphatic carbocycles. The third-order valence-corrected chi connectivity index (χ3v) is 3.07. The largest absolute Gasteiger partial charge is 0.312 e. The molecule has 0 spiro atoms. The Morgan fingerprint density at radius 1 is 1.47 bits per heavy atom. The second-order valence-corrected chi connectivity index (χ2v) is 5.92. The average Bonchev–Trinajstić information content (AvgIpc) is 2.65. The first-order valence-corrected chi connectivity index (χ1v) is 6.32. The Morgan fingerprint density at radius 2 is 2.24 bits per heavy atom. The maximum absolute atomic E-state index is 4.25. The molecule has 1 aromatic heterocycles. The molecular formula is C12H23N5. The number of rotatable bonds is 2. The predicted molar refractivity (Wildman–Crippen MR) is 67.8 cm³/mol. The first kappa shape index (κ1) is 12.5. The van der Waals surface area contributed by atoms with Crippen LogP contribution in [0.2, 0.25) is 0 Å². The van der Waals surface area contributed by atoms with E-state index in [1.807, 2.05) is 4.68 Å². The van der Waals surface area contributed by atoms with Crippen LogP contribution in [-0.4, -0.2) is 45.6 Å². The van der Waals surface area contributed by atoms with E-state index in [0.717, 1.165) is 31.9 Å². The Balaban J connectivity index is 1.97. The molecule has 1 atom stereocenters. The quantitative estimate of drug-likeness (QED) is 0.827.